The number of carbonyl (C=O) groups is 1. The molecule has 3 aromatic rings. The first-order valence-electron chi connectivity index (χ1n) is 8.53. The van der Waals surface area contributed by atoms with Gasteiger partial charge in [-0.25, -0.2) is 8.78 Å². The zero-order valence-electron chi connectivity index (χ0n) is 15.5. The summed E-state index contributed by atoms with van der Waals surface area (Å²) < 4.78 is 33.6. The number of ether oxygens (including phenoxy) is 1. The molecule has 1 N–H and O–H groups in total. The number of rotatable bonds is 7. The summed E-state index contributed by atoms with van der Waals surface area (Å²) in [6.45, 7) is 1.83. The molecule has 1 unspecified atom stereocenters. The van der Waals surface area contributed by atoms with Gasteiger partial charge in [0, 0.05) is 18.8 Å². The molecule has 0 radical (unpaired) electrons. The van der Waals surface area contributed by atoms with Crippen molar-refractivity contribution in [3.63, 3.8) is 0 Å². The van der Waals surface area contributed by atoms with Gasteiger partial charge in [0.05, 0.1) is 10.3 Å². The van der Waals surface area contributed by atoms with Crippen molar-refractivity contribution < 1.29 is 18.3 Å². The Labute approximate surface area is 175 Å². The highest BCUT2D eigenvalue weighted by molar-refractivity contribution is 8.00. The number of hydrogen-bond acceptors (Lipinski definition) is 5. The van der Waals surface area contributed by atoms with E-state index in [-0.39, 0.29) is 18.2 Å². The van der Waals surface area contributed by atoms with Crippen molar-refractivity contribution in [2.75, 3.05) is 5.32 Å². The number of para-hydroxylation sites is 1. The Morgan fingerprint density at radius 2 is 2.00 bits per heavy atom. The van der Waals surface area contributed by atoms with E-state index >= 15 is 0 Å². The molecule has 0 saturated carbocycles. The Bertz CT molecular complexity index is 1030. The van der Waals surface area contributed by atoms with Crippen LogP contribution in [-0.4, -0.2) is 25.9 Å². The Morgan fingerprint density at radius 3 is 2.72 bits per heavy atom. The molecule has 10 heteroatoms. The molecule has 0 fully saturated rings. The third-order valence-corrected chi connectivity index (χ3v) is 5.40. The number of hydrogen-bond donors (Lipinski definition) is 1. The van der Waals surface area contributed by atoms with Gasteiger partial charge in [-0.2, -0.15) is 0 Å². The Morgan fingerprint density at radius 1 is 1.24 bits per heavy atom. The van der Waals surface area contributed by atoms with Crippen molar-refractivity contribution in [3.05, 3.63) is 64.9 Å². The number of nitrogens with one attached hydrogen (secondary N) is 1. The van der Waals surface area contributed by atoms with Gasteiger partial charge >= 0.3 is 0 Å². The minimum atomic E-state index is -1.03. The summed E-state index contributed by atoms with van der Waals surface area (Å²) in [6, 6.07) is 10.3. The number of carbonyl (C=O) groups excluding carboxylic acids is 1. The fourth-order valence-electron chi connectivity index (χ4n) is 2.31. The number of aromatic nitrogens is 3. The molecule has 2 aromatic carbocycles. The van der Waals surface area contributed by atoms with Gasteiger partial charge in [-0.1, -0.05) is 35.5 Å². The van der Waals surface area contributed by atoms with Gasteiger partial charge < -0.3 is 14.6 Å². The SMILES string of the molecule is CC(Sc1nnc(COc2ccccc2Cl)n1C)C(=O)Nc1ccc(F)c(F)c1. The average molecular weight is 439 g/mol. The van der Waals surface area contributed by atoms with Gasteiger partial charge in [0.1, 0.15) is 12.4 Å². The van der Waals surface area contributed by atoms with Gasteiger partial charge in [0.15, 0.2) is 22.6 Å². The maximum atomic E-state index is 13.3. The lowest BCUT2D eigenvalue weighted by atomic mass is 10.3. The molecule has 6 nitrogen and oxygen atoms in total. The molecule has 3 rings (SSSR count). The van der Waals surface area contributed by atoms with Crippen LogP contribution in [0.15, 0.2) is 47.6 Å². The summed E-state index contributed by atoms with van der Waals surface area (Å²) in [5, 5.41) is 11.2. The quantitative estimate of drug-likeness (QED) is 0.552. The number of nitrogens with zero attached hydrogens (tertiary/aromatic N) is 3. The van der Waals surface area contributed by atoms with Crippen molar-refractivity contribution in [2.24, 2.45) is 7.05 Å². The standard InChI is InChI=1S/C19H17ClF2N4O2S/c1-11(18(27)23-12-7-8-14(21)15(22)9-12)29-19-25-24-17(26(19)2)10-28-16-6-4-3-5-13(16)20/h3-9,11H,10H2,1-2H3,(H,23,27). The fourth-order valence-corrected chi connectivity index (χ4v) is 3.33. The molecule has 1 heterocycles. The van der Waals surface area contributed by atoms with E-state index in [4.69, 9.17) is 16.3 Å². The van der Waals surface area contributed by atoms with Crippen molar-refractivity contribution in [1.29, 1.82) is 0 Å². The van der Waals surface area contributed by atoms with E-state index in [9.17, 15) is 13.6 Å². The van der Waals surface area contributed by atoms with Crippen LogP contribution in [0, 0.1) is 11.6 Å². The maximum Gasteiger partial charge on any atom is 0.237 e. The minimum Gasteiger partial charge on any atom is -0.484 e. The van der Waals surface area contributed by atoms with Gasteiger partial charge in [0.2, 0.25) is 5.91 Å². The highest BCUT2D eigenvalue weighted by Crippen LogP contribution is 2.26. The molecule has 1 atom stereocenters. The average Bonchev–Trinajstić information content (AvgIpc) is 3.03. The largest absolute Gasteiger partial charge is 0.484 e. The first-order valence-corrected chi connectivity index (χ1v) is 9.79. The molecule has 0 saturated heterocycles. The lowest BCUT2D eigenvalue weighted by Gasteiger charge is -2.12. The van der Waals surface area contributed by atoms with Crippen LogP contribution in [0.1, 0.15) is 12.7 Å². The number of amides is 1. The van der Waals surface area contributed by atoms with Crippen LogP contribution in [0.4, 0.5) is 14.5 Å². The summed E-state index contributed by atoms with van der Waals surface area (Å²) in [5.74, 6) is -1.29. The number of thioether (sulfide) groups is 1. The van der Waals surface area contributed by atoms with E-state index in [1.54, 1.807) is 36.7 Å². The number of benzene rings is 2. The van der Waals surface area contributed by atoms with Gasteiger partial charge in [-0.15, -0.1) is 10.2 Å². The fraction of sp³-hybridized carbons (Fsp3) is 0.211. The van der Waals surface area contributed by atoms with E-state index in [2.05, 4.69) is 15.5 Å². The second kappa shape index (κ2) is 9.23. The zero-order valence-corrected chi connectivity index (χ0v) is 17.1. The van der Waals surface area contributed by atoms with Crippen LogP contribution in [0.5, 0.6) is 5.75 Å². The molecular weight excluding hydrogens is 422 g/mol. The number of anilines is 1. The van der Waals surface area contributed by atoms with E-state index in [1.807, 2.05) is 6.07 Å². The molecule has 1 amide bonds. The van der Waals surface area contributed by atoms with Crippen molar-refractivity contribution >= 4 is 35.0 Å². The predicted molar refractivity (Wildman–Crippen MR) is 107 cm³/mol. The summed E-state index contributed by atoms with van der Waals surface area (Å²) in [6.07, 6.45) is 0. The predicted octanol–water partition coefficient (Wildman–Crippen LogP) is 4.45. The van der Waals surface area contributed by atoms with Crippen molar-refractivity contribution in [3.8, 4) is 5.75 Å². The van der Waals surface area contributed by atoms with Crippen LogP contribution >= 0.6 is 23.4 Å². The third-order valence-electron chi connectivity index (χ3n) is 3.96. The molecular formula is C19H17ClF2N4O2S. The summed E-state index contributed by atoms with van der Waals surface area (Å²) in [5.41, 5.74) is 0.174. The molecule has 0 aliphatic rings. The molecule has 0 aliphatic heterocycles. The van der Waals surface area contributed by atoms with Crippen molar-refractivity contribution in [2.45, 2.75) is 23.9 Å². The monoisotopic (exact) mass is 438 g/mol. The second-order valence-electron chi connectivity index (χ2n) is 6.06. The van der Waals surface area contributed by atoms with E-state index in [0.717, 1.165) is 12.1 Å². The van der Waals surface area contributed by atoms with Crippen LogP contribution in [0.25, 0.3) is 0 Å². The molecule has 0 spiro atoms. The topological polar surface area (TPSA) is 69.0 Å². The third kappa shape index (κ3) is 5.24. The van der Waals surface area contributed by atoms with Gasteiger partial charge in [-0.3, -0.25) is 4.79 Å². The van der Waals surface area contributed by atoms with Crippen LogP contribution in [0.3, 0.4) is 0 Å². The zero-order chi connectivity index (χ0) is 21.0. The summed E-state index contributed by atoms with van der Waals surface area (Å²) in [4.78, 5) is 12.3. The van der Waals surface area contributed by atoms with E-state index in [0.29, 0.717) is 21.8 Å². The second-order valence-corrected chi connectivity index (χ2v) is 7.77. The normalized spacial score (nSPS) is 11.9. The van der Waals surface area contributed by atoms with Crippen LogP contribution < -0.4 is 10.1 Å². The summed E-state index contributed by atoms with van der Waals surface area (Å²) >= 11 is 7.24. The van der Waals surface area contributed by atoms with Gasteiger partial charge in [-0.05, 0) is 31.2 Å². The van der Waals surface area contributed by atoms with E-state index < -0.39 is 16.9 Å². The Balaban J connectivity index is 1.60. The highest BCUT2D eigenvalue weighted by atomic mass is 35.5. The lowest BCUT2D eigenvalue weighted by Crippen LogP contribution is -2.23. The van der Waals surface area contributed by atoms with E-state index in [1.165, 1.54) is 17.8 Å². The highest BCUT2D eigenvalue weighted by Gasteiger charge is 2.20. The first kappa shape index (κ1) is 21.1. The lowest BCUT2D eigenvalue weighted by molar-refractivity contribution is -0.115. The Hall–Kier alpha value is -2.65. The minimum absolute atomic E-state index is 0.156. The molecule has 0 bridgehead atoms. The first-order chi connectivity index (χ1) is 13.8. The molecule has 1 aromatic heterocycles. The molecule has 0 aliphatic carbocycles. The molecule has 29 heavy (non-hydrogen) atoms. The van der Waals surface area contributed by atoms with Gasteiger partial charge in [0.25, 0.3) is 0 Å². The summed E-state index contributed by atoms with van der Waals surface area (Å²) in [7, 11) is 1.76. The smallest absolute Gasteiger partial charge is 0.237 e. The van der Waals surface area contributed by atoms with Crippen LogP contribution in [-0.2, 0) is 18.4 Å². The molecule has 152 valence electrons. The Kier molecular flexibility index (Phi) is 6.71. The maximum absolute atomic E-state index is 13.3. The van der Waals surface area contributed by atoms with Crippen molar-refractivity contribution in [1.82, 2.24) is 14.8 Å². The van der Waals surface area contributed by atoms with Crippen LogP contribution in [0.2, 0.25) is 5.02 Å². The number of halogens is 3.